The Labute approximate surface area is 122 Å². The lowest BCUT2D eigenvalue weighted by atomic mass is 9.97. The first-order valence-electron chi connectivity index (χ1n) is 6.63. The van der Waals surface area contributed by atoms with Crippen molar-refractivity contribution in [3.8, 4) is 0 Å². The van der Waals surface area contributed by atoms with Crippen LogP contribution in [0.5, 0.6) is 0 Å². The molecule has 0 aromatic heterocycles. The number of nitrogens with one attached hydrogen (secondary N) is 1. The maximum atomic E-state index is 13.9. The van der Waals surface area contributed by atoms with Crippen molar-refractivity contribution in [3.63, 3.8) is 0 Å². The number of halogens is 2. The maximum Gasteiger partial charge on any atom is 0.226 e. The summed E-state index contributed by atoms with van der Waals surface area (Å²) in [7, 11) is 0. The molecule has 3 N–H and O–H groups in total. The minimum Gasteiger partial charge on any atom is -0.381 e. The van der Waals surface area contributed by atoms with Gasteiger partial charge in [-0.1, -0.05) is 17.7 Å². The number of carbonyl (C=O) groups excluding carboxylic acids is 1. The SMILES string of the molecule is NC(=O)[C@H](CNC1CCOCC1)c1ccc(Cl)cc1F. The smallest absolute Gasteiger partial charge is 0.226 e. The van der Waals surface area contributed by atoms with Crippen LogP contribution in [0.1, 0.15) is 24.3 Å². The van der Waals surface area contributed by atoms with Crippen LogP contribution in [0.3, 0.4) is 0 Å². The van der Waals surface area contributed by atoms with Crippen LogP contribution in [0.2, 0.25) is 5.02 Å². The summed E-state index contributed by atoms with van der Waals surface area (Å²) in [5.41, 5.74) is 5.67. The van der Waals surface area contributed by atoms with Crippen molar-refractivity contribution in [2.45, 2.75) is 24.8 Å². The van der Waals surface area contributed by atoms with Gasteiger partial charge in [0.2, 0.25) is 5.91 Å². The van der Waals surface area contributed by atoms with E-state index in [0.717, 1.165) is 12.8 Å². The summed E-state index contributed by atoms with van der Waals surface area (Å²) in [5.74, 6) is -1.75. The number of ether oxygens (including phenoxy) is 1. The number of primary amides is 1. The molecule has 1 aliphatic rings. The first kappa shape index (κ1) is 15.2. The summed E-state index contributed by atoms with van der Waals surface area (Å²) >= 11 is 5.71. The maximum absolute atomic E-state index is 13.9. The number of carbonyl (C=O) groups is 1. The van der Waals surface area contributed by atoms with Crippen molar-refractivity contribution in [3.05, 3.63) is 34.6 Å². The molecule has 4 nitrogen and oxygen atoms in total. The summed E-state index contributed by atoms with van der Waals surface area (Å²) in [6.45, 7) is 1.72. The summed E-state index contributed by atoms with van der Waals surface area (Å²) in [6, 6.07) is 4.55. The van der Waals surface area contributed by atoms with Crippen LogP contribution in [0.25, 0.3) is 0 Å². The van der Waals surface area contributed by atoms with Crippen LogP contribution < -0.4 is 11.1 Å². The molecule has 1 saturated heterocycles. The Morgan fingerprint density at radius 3 is 2.80 bits per heavy atom. The lowest BCUT2D eigenvalue weighted by Crippen LogP contribution is -2.40. The summed E-state index contributed by atoms with van der Waals surface area (Å²) in [6.07, 6.45) is 1.77. The van der Waals surface area contributed by atoms with Gasteiger partial charge >= 0.3 is 0 Å². The van der Waals surface area contributed by atoms with E-state index in [1.54, 1.807) is 6.07 Å². The monoisotopic (exact) mass is 300 g/mol. The van der Waals surface area contributed by atoms with Gasteiger partial charge in [-0.05, 0) is 25.0 Å². The predicted octanol–water partition coefficient (Wildman–Crippen LogP) is 1.82. The molecule has 1 fully saturated rings. The van der Waals surface area contributed by atoms with Crippen LogP contribution in [-0.2, 0) is 9.53 Å². The highest BCUT2D eigenvalue weighted by Crippen LogP contribution is 2.22. The first-order chi connectivity index (χ1) is 9.58. The molecular weight excluding hydrogens is 283 g/mol. The van der Waals surface area contributed by atoms with Crippen LogP contribution in [-0.4, -0.2) is 31.7 Å². The van der Waals surface area contributed by atoms with Crippen LogP contribution >= 0.6 is 11.6 Å². The third kappa shape index (κ3) is 3.91. The highest BCUT2D eigenvalue weighted by Gasteiger charge is 2.23. The molecule has 0 unspecified atom stereocenters. The van der Waals surface area contributed by atoms with Gasteiger partial charge in [0.1, 0.15) is 5.82 Å². The zero-order chi connectivity index (χ0) is 14.5. The van der Waals surface area contributed by atoms with Crippen molar-refractivity contribution in [2.24, 2.45) is 5.73 Å². The fourth-order valence-electron chi connectivity index (χ4n) is 2.33. The molecule has 0 spiro atoms. The molecular formula is C14H18ClFN2O2. The molecule has 0 saturated carbocycles. The van der Waals surface area contributed by atoms with Crippen LogP contribution in [0, 0.1) is 5.82 Å². The Kier molecular flexibility index (Phi) is 5.34. The molecule has 2 rings (SSSR count). The number of rotatable bonds is 5. The fraction of sp³-hybridized carbons (Fsp3) is 0.500. The van der Waals surface area contributed by atoms with Crippen molar-refractivity contribution in [1.29, 1.82) is 0 Å². The summed E-state index contributed by atoms with van der Waals surface area (Å²) < 4.78 is 19.2. The van der Waals surface area contributed by atoms with Crippen molar-refractivity contribution >= 4 is 17.5 Å². The van der Waals surface area contributed by atoms with Crippen LogP contribution in [0.4, 0.5) is 4.39 Å². The number of nitrogens with two attached hydrogens (primary N) is 1. The average Bonchev–Trinajstić information content (AvgIpc) is 2.42. The van der Waals surface area contributed by atoms with Crippen molar-refractivity contribution in [1.82, 2.24) is 5.32 Å². The van der Waals surface area contributed by atoms with E-state index in [4.69, 9.17) is 22.1 Å². The Morgan fingerprint density at radius 1 is 1.50 bits per heavy atom. The second-order valence-electron chi connectivity index (χ2n) is 4.92. The van der Waals surface area contributed by atoms with E-state index in [1.165, 1.54) is 12.1 Å². The first-order valence-corrected chi connectivity index (χ1v) is 7.01. The molecule has 0 aliphatic carbocycles. The second kappa shape index (κ2) is 7.02. The van der Waals surface area contributed by atoms with Gasteiger partial charge in [0.25, 0.3) is 0 Å². The molecule has 0 bridgehead atoms. The van der Waals surface area contributed by atoms with Crippen LogP contribution in [0.15, 0.2) is 18.2 Å². The molecule has 1 atom stereocenters. The Hall–Kier alpha value is -1.17. The van der Waals surface area contributed by atoms with E-state index in [0.29, 0.717) is 24.8 Å². The predicted molar refractivity (Wildman–Crippen MR) is 75.2 cm³/mol. The van der Waals surface area contributed by atoms with E-state index >= 15 is 0 Å². The van der Waals surface area contributed by atoms with Gasteiger partial charge in [-0.15, -0.1) is 0 Å². The third-order valence-corrected chi connectivity index (χ3v) is 3.75. The van der Waals surface area contributed by atoms with Crippen molar-refractivity contribution in [2.75, 3.05) is 19.8 Å². The zero-order valence-corrected chi connectivity index (χ0v) is 11.8. The Bertz CT molecular complexity index is 478. The molecule has 1 aromatic carbocycles. The van der Waals surface area contributed by atoms with Gasteiger partial charge in [-0.3, -0.25) is 4.79 Å². The topological polar surface area (TPSA) is 64.4 Å². The largest absolute Gasteiger partial charge is 0.381 e. The lowest BCUT2D eigenvalue weighted by Gasteiger charge is -2.25. The molecule has 1 heterocycles. The standard InChI is InChI=1S/C14H18ClFN2O2/c15-9-1-2-11(13(16)7-9)12(14(17)19)8-18-10-3-5-20-6-4-10/h1-2,7,10,12,18H,3-6,8H2,(H2,17,19)/t12-/m1/s1. The normalized spacial score (nSPS) is 17.9. The van der Waals surface area contributed by atoms with Gasteiger partial charge in [0.05, 0.1) is 5.92 Å². The van der Waals surface area contributed by atoms with Gasteiger partial charge in [-0.25, -0.2) is 4.39 Å². The minimum absolute atomic E-state index is 0.279. The number of benzene rings is 1. The van der Waals surface area contributed by atoms with Gasteiger partial charge in [0, 0.05) is 36.4 Å². The molecule has 1 aliphatic heterocycles. The Balaban J connectivity index is 2.04. The van der Waals surface area contributed by atoms with E-state index < -0.39 is 17.6 Å². The molecule has 110 valence electrons. The molecule has 0 radical (unpaired) electrons. The van der Waals surface area contributed by atoms with Gasteiger partial charge in [0.15, 0.2) is 0 Å². The molecule has 1 aromatic rings. The number of hydrogen-bond acceptors (Lipinski definition) is 3. The molecule has 1 amide bonds. The fourth-order valence-corrected chi connectivity index (χ4v) is 2.49. The highest BCUT2D eigenvalue weighted by atomic mass is 35.5. The van der Waals surface area contributed by atoms with E-state index in [1.807, 2.05) is 0 Å². The second-order valence-corrected chi connectivity index (χ2v) is 5.35. The quantitative estimate of drug-likeness (QED) is 0.872. The zero-order valence-electron chi connectivity index (χ0n) is 11.1. The van der Waals surface area contributed by atoms with E-state index in [-0.39, 0.29) is 11.6 Å². The third-order valence-electron chi connectivity index (χ3n) is 3.51. The van der Waals surface area contributed by atoms with Gasteiger partial charge < -0.3 is 15.8 Å². The summed E-state index contributed by atoms with van der Waals surface area (Å²) in [4.78, 5) is 11.6. The summed E-state index contributed by atoms with van der Waals surface area (Å²) in [5, 5.41) is 3.56. The van der Waals surface area contributed by atoms with E-state index in [2.05, 4.69) is 5.32 Å². The number of hydrogen-bond donors (Lipinski definition) is 2. The minimum atomic E-state index is -0.699. The molecule has 6 heteroatoms. The van der Waals surface area contributed by atoms with E-state index in [9.17, 15) is 9.18 Å². The Morgan fingerprint density at radius 2 is 2.20 bits per heavy atom. The molecule has 20 heavy (non-hydrogen) atoms. The average molecular weight is 301 g/mol. The van der Waals surface area contributed by atoms with Crippen molar-refractivity contribution < 1.29 is 13.9 Å². The lowest BCUT2D eigenvalue weighted by molar-refractivity contribution is -0.119. The number of amides is 1. The highest BCUT2D eigenvalue weighted by molar-refractivity contribution is 6.30. The van der Waals surface area contributed by atoms with Gasteiger partial charge in [-0.2, -0.15) is 0 Å².